The Bertz CT molecular complexity index is 534. The molecule has 88 valence electrons. The molecule has 0 aliphatic heterocycles. The highest BCUT2D eigenvalue weighted by Crippen LogP contribution is 2.18. The summed E-state index contributed by atoms with van der Waals surface area (Å²) in [5.41, 5.74) is 1.67. The first-order chi connectivity index (χ1) is 8.20. The third-order valence-electron chi connectivity index (χ3n) is 2.55. The molecule has 2 aromatic rings. The topological polar surface area (TPSA) is 34.9 Å². The fourth-order valence-corrected chi connectivity index (χ4v) is 2.14. The average molecular weight is 293 g/mol. The molecule has 0 aliphatic carbocycles. The SMILES string of the molecule is CCn1cc(CC(=O)c2ccccc2Br)cn1. The minimum absolute atomic E-state index is 0.105. The highest BCUT2D eigenvalue weighted by atomic mass is 79.9. The second kappa shape index (κ2) is 5.27. The summed E-state index contributed by atoms with van der Waals surface area (Å²) >= 11 is 3.39. The van der Waals surface area contributed by atoms with Gasteiger partial charge in [0, 0.05) is 29.2 Å². The van der Waals surface area contributed by atoms with E-state index in [1.807, 2.05) is 42.1 Å². The third-order valence-corrected chi connectivity index (χ3v) is 3.24. The first-order valence-corrected chi connectivity index (χ1v) is 6.29. The standard InChI is InChI=1S/C13H13BrN2O/c1-2-16-9-10(8-15-16)7-13(17)11-5-3-4-6-12(11)14/h3-6,8-9H,2,7H2,1H3. The molecule has 0 saturated carbocycles. The summed E-state index contributed by atoms with van der Waals surface area (Å²) < 4.78 is 2.66. The molecule has 4 heteroatoms. The fourth-order valence-electron chi connectivity index (χ4n) is 1.64. The number of carbonyl (C=O) groups excluding carboxylic acids is 1. The Hall–Kier alpha value is -1.42. The number of aromatic nitrogens is 2. The summed E-state index contributed by atoms with van der Waals surface area (Å²) in [6, 6.07) is 7.47. The molecule has 0 atom stereocenters. The van der Waals surface area contributed by atoms with Crippen molar-refractivity contribution < 1.29 is 4.79 Å². The highest BCUT2D eigenvalue weighted by Gasteiger charge is 2.11. The van der Waals surface area contributed by atoms with Crippen molar-refractivity contribution in [3.8, 4) is 0 Å². The molecule has 2 rings (SSSR count). The molecule has 0 aliphatic rings. The van der Waals surface area contributed by atoms with Crippen LogP contribution in [-0.2, 0) is 13.0 Å². The van der Waals surface area contributed by atoms with E-state index in [1.165, 1.54) is 0 Å². The van der Waals surface area contributed by atoms with Gasteiger partial charge in [-0.1, -0.05) is 34.1 Å². The van der Waals surface area contributed by atoms with Crippen molar-refractivity contribution >= 4 is 21.7 Å². The van der Waals surface area contributed by atoms with Crippen molar-refractivity contribution in [2.45, 2.75) is 19.9 Å². The monoisotopic (exact) mass is 292 g/mol. The number of aryl methyl sites for hydroxylation is 1. The number of hydrogen-bond donors (Lipinski definition) is 0. The number of nitrogens with zero attached hydrogens (tertiary/aromatic N) is 2. The first kappa shape index (κ1) is 12.0. The number of Topliss-reactive ketones (excluding diaryl/α,β-unsaturated/α-hetero) is 1. The van der Waals surface area contributed by atoms with E-state index in [0.29, 0.717) is 6.42 Å². The van der Waals surface area contributed by atoms with Crippen LogP contribution in [0.25, 0.3) is 0 Å². The number of rotatable bonds is 4. The van der Waals surface area contributed by atoms with Crippen LogP contribution in [0.2, 0.25) is 0 Å². The van der Waals surface area contributed by atoms with Crippen molar-refractivity contribution in [3.63, 3.8) is 0 Å². The van der Waals surface area contributed by atoms with Crippen molar-refractivity contribution in [2.24, 2.45) is 0 Å². The van der Waals surface area contributed by atoms with Crippen LogP contribution in [0.3, 0.4) is 0 Å². The van der Waals surface area contributed by atoms with Gasteiger partial charge < -0.3 is 0 Å². The molecule has 0 amide bonds. The Balaban J connectivity index is 2.14. The number of hydrogen-bond acceptors (Lipinski definition) is 2. The molecular weight excluding hydrogens is 280 g/mol. The van der Waals surface area contributed by atoms with Crippen LogP contribution in [0.1, 0.15) is 22.8 Å². The molecular formula is C13H13BrN2O. The minimum Gasteiger partial charge on any atom is -0.294 e. The van der Waals surface area contributed by atoms with E-state index >= 15 is 0 Å². The molecule has 0 spiro atoms. The van der Waals surface area contributed by atoms with Gasteiger partial charge in [0.25, 0.3) is 0 Å². The summed E-state index contributed by atoms with van der Waals surface area (Å²) in [5, 5.41) is 4.16. The predicted molar refractivity (Wildman–Crippen MR) is 70.1 cm³/mol. The third kappa shape index (κ3) is 2.82. The van der Waals surface area contributed by atoms with Crippen LogP contribution >= 0.6 is 15.9 Å². The van der Waals surface area contributed by atoms with Gasteiger partial charge >= 0.3 is 0 Å². The zero-order valence-corrected chi connectivity index (χ0v) is 11.1. The van der Waals surface area contributed by atoms with Gasteiger partial charge in [0.05, 0.1) is 6.20 Å². The van der Waals surface area contributed by atoms with Crippen LogP contribution in [0.4, 0.5) is 0 Å². The number of halogens is 1. The van der Waals surface area contributed by atoms with E-state index in [1.54, 1.807) is 6.20 Å². The van der Waals surface area contributed by atoms with Gasteiger partial charge in [-0.3, -0.25) is 9.48 Å². The van der Waals surface area contributed by atoms with E-state index in [4.69, 9.17) is 0 Å². The molecule has 0 N–H and O–H groups in total. The van der Waals surface area contributed by atoms with E-state index in [0.717, 1.165) is 22.1 Å². The Kier molecular flexibility index (Phi) is 3.74. The van der Waals surface area contributed by atoms with Crippen molar-refractivity contribution in [1.82, 2.24) is 9.78 Å². The lowest BCUT2D eigenvalue weighted by Gasteiger charge is -2.01. The fraction of sp³-hybridized carbons (Fsp3) is 0.231. The van der Waals surface area contributed by atoms with Gasteiger partial charge in [-0.2, -0.15) is 5.10 Å². The van der Waals surface area contributed by atoms with Gasteiger partial charge in [-0.25, -0.2) is 0 Å². The lowest BCUT2D eigenvalue weighted by atomic mass is 10.1. The molecule has 3 nitrogen and oxygen atoms in total. The lowest BCUT2D eigenvalue weighted by molar-refractivity contribution is 0.0992. The Morgan fingerprint density at radius 2 is 2.18 bits per heavy atom. The quantitative estimate of drug-likeness (QED) is 0.812. The maximum Gasteiger partial charge on any atom is 0.168 e. The summed E-state index contributed by atoms with van der Waals surface area (Å²) in [7, 11) is 0. The summed E-state index contributed by atoms with van der Waals surface area (Å²) in [6.07, 6.45) is 4.05. The minimum atomic E-state index is 0.105. The Morgan fingerprint density at radius 1 is 1.41 bits per heavy atom. The zero-order valence-electron chi connectivity index (χ0n) is 9.56. The Morgan fingerprint density at radius 3 is 2.82 bits per heavy atom. The first-order valence-electron chi connectivity index (χ1n) is 5.49. The van der Waals surface area contributed by atoms with Gasteiger partial charge in [0.2, 0.25) is 0 Å². The van der Waals surface area contributed by atoms with Crippen LogP contribution in [0, 0.1) is 0 Å². The van der Waals surface area contributed by atoms with Crippen LogP contribution < -0.4 is 0 Å². The largest absolute Gasteiger partial charge is 0.294 e. The predicted octanol–water partition coefficient (Wildman–Crippen LogP) is 3.09. The Labute approximate surface area is 109 Å². The number of benzene rings is 1. The van der Waals surface area contributed by atoms with Crippen LogP contribution in [-0.4, -0.2) is 15.6 Å². The van der Waals surface area contributed by atoms with Crippen LogP contribution in [0.5, 0.6) is 0 Å². The van der Waals surface area contributed by atoms with Gasteiger partial charge in [-0.15, -0.1) is 0 Å². The van der Waals surface area contributed by atoms with Crippen molar-refractivity contribution in [3.05, 3.63) is 52.3 Å². The van der Waals surface area contributed by atoms with E-state index in [-0.39, 0.29) is 5.78 Å². The van der Waals surface area contributed by atoms with Crippen molar-refractivity contribution in [2.75, 3.05) is 0 Å². The molecule has 0 bridgehead atoms. The molecule has 0 saturated heterocycles. The molecule has 0 fully saturated rings. The lowest BCUT2D eigenvalue weighted by Crippen LogP contribution is -2.03. The van der Waals surface area contributed by atoms with Gasteiger partial charge in [0.15, 0.2) is 5.78 Å². The van der Waals surface area contributed by atoms with Gasteiger partial charge in [0.1, 0.15) is 0 Å². The van der Waals surface area contributed by atoms with E-state index < -0.39 is 0 Å². The number of ketones is 1. The summed E-state index contributed by atoms with van der Waals surface area (Å²) in [5.74, 6) is 0.105. The number of carbonyl (C=O) groups is 1. The van der Waals surface area contributed by atoms with Gasteiger partial charge in [-0.05, 0) is 18.6 Å². The molecule has 0 radical (unpaired) electrons. The smallest absolute Gasteiger partial charge is 0.168 e. The second-order valence-corrected chi connectivity index (χ2v) is 4.64. The molecule has 1 aromatic carbocycles. The molecule has 1 heterocycles. The maximum absolute atomic E-state index is 12.1. The maximum atomic E-state index is 12.1. The molecule has 0 unspecified atom stereocenters. The summed E-state index contributed by atoms with van der Waals surface area (Å²) in [4.78, 5) is 12.1. The van der Waals surface area contributed by atoms with Crippen LogP contribution in [0.15, 0.2) is 41.1 Å². The highest BCUT2D eigenvalue weighted by molar-refractivity contribution is 9.10. The molecule has 17 heavy (non-hydrogen) atoms. The second-order valence-electron chi connectivity index (χ2n) is 3.78. The summed E-state index contributed by atoms with van der Waals surface area (Å²) in [6.45, 7) is 2.84. The zero-order chi connectivity index (χ0) is 12.3. The average Bonchev–Trinajstić information content (AvgIpc) is 2.77. The van der Waals surface area contributed by atoms with E-state index in [9.17, 15) is 4.79 Å². The molecule has 1 aromatic heterocycles. The van der Waals surface area contributed by atoms with E-state index in [2.05, 4.69) is 21.0 Å². The van der Waals surface area contributed by atoms with Crippen molar-refractivity contribution in [1.29, 1.82) is 0 Å². The normalized spacial score (nSPS) is 10.5.